The first kappa shape index (κ1) is 10.8. The molecule has 2 nitrogen and oxygen atoms in total. The molecule has 16 heavy (non-hydrogen) atoms. The van der Waals surface area contributed by atoms with Crippen LogP contribution in [-0.4, -0.2) is 9.97 Å². The minimum atomic E-state index is 1.01. The molecule has 0 bridgehead atoms. The summed E-state index contributed by atoms with van der Waals surface area (Å²) in [5, 5.41) is 0. The molecule has 0 saturated carbocycles. The molecule has 2 aromatic heterocycles. The number of hydrogen-bond acceptors (Lipinski definition) is 2. The van der Waals surface area contributed by atoms with Gasteiger partial charge >= 0.3 is 0 Å². The first-order chi connectivity index (χ1) is 7.58. The van der Waals surface area contributed by atoms with E-state index in [1.165, 1.54) is 11.1 Å². The predicted molar refractivity (Wildman–Crippen MR) is 66.4 cm³/mol. The highest BCUT2D eigenvalue weighted by atomic mass is 14.7. The molecule has 0 N–H and O–H groups in total. The van der Waals surface area contributed by atoms with Crippen LogP contribution in [0.25, 0.3) is 11.3 Å². The van der Waals surface area contributed by atoms with Gasteiger partial charge in [0.1, 0.15) is 0 Å². The molecule has 0 unspecified atom stereocenters. The van der Waals surface area contributed by atoms with Gasteiger partial charge in [-0.25, -0.2) is 0 Å². The van der Waals surface area contributed by atoms with Crippen molar-refractivity contribution in [2.24, 2.45) is 0 Å². The maximum absolute atomic E-state index is 4.46. The maximum atomic E-state index is 4.46. The van der Waals surface area contributed by atoms with Crippen molar-refractivity contribution in [2.75, 3.05) is 0 Å². The lowest BCUT2D eigenvalue weighted by Crippen LogP contribution is -1.93. The molecule has 0 spiro atoms. The first-order valence-corrected chi connectivity index (χ1v) is 5.46. The van der Waals surface area contributed by atoms with Crippen LogP contribution in [0.1, 0.15) is 22.5 Å². The molecule has 2 rings (SSSR count). The molecular formula is C14H16N2. The third-order valence-corrected chi connectivity index (χ3v) is 2.87. The Morgan fingerprint density at radius 3 is 2.31 bits per heavy atom. The van der Waals surface area contributed by atoms with E-state index in [2.05, 4.69) is 35.9 Å². The van der Waals surface area contributed by atoms with Crippen LogP contribution in [0.5, 0.6) is 0 Å². The van der Waals surface area contributed by atoms with Crippen LogP contribution in [0.15, 0.2) is 24.4 Å². The summed E-state index contributed by atoms with van der Waals surface area (Å²) >= 11 is 0. The van der Waals surface area contributed by atoms with Crippen molar-refractivity contribution in [3.63, 3.8) is 0 Å². The zero-order valence-electron chi connectivity index (χ0n) is 10.2. The van der Waals surface area contributed by atoms with Crippen LogP contribution >= 0.6 is 0 Å². The molecule has 0 radical (unpaired) electrons. The minimum Gasteiger partial charge on any atom is -0.258 e. The molecule has 0 aliphatic carbocycles. The van der Waals surface area contributed by atoms with Crippen LogP contribution in [0.3, 0.4) is 0 Å². The van der Waals surface area contributed by atoms with Gasteiger partial charge in [-0.3, -0.25) is 9.97 Å². The SMILES string of the molecule is Cc1ccc(-c2cc(C)c(C)cn2)c(C)n1. The molecule has 82 valence electrons. The van der Waals surface area contributed by atoms with Crippen molar-refractivity contribution < 1.29 is 0 Å². The van der Waals surface area contributed by atoms with Gasteiger partial charge in [-0.1, -0.05) is 0 Å². The van der Waals surface area contributed by atoms with Gasteiger partial charge in [0.05, 0.1) is 5.69 Å². The highest BCUT2D eigenvalue weighted by molar-refractivity contribution is 5.62. The molecule has 0 atom stereocenters. The summed E-state index contributed by atoms with van der Waals surface area (Å²) in [4.78, 5) is 8.92. The van der Waals surface area contributed by atoms with Crippen LogP contribution in [0.2, 0.25) is 0 Å². The lowest BCUT2D eigenvalue weighted by Gasteiger charge is -2.07. The number of pyridine rings is 2. The standard InChI is InChI=1S/C14H16N2/c1-9-7-14(15-8-10(9)2)13-6-5-11(3)16-12(13)4/h5-8H,1-4H3. The predicted octanol–water partition coefficient (Wildman–Crippen LogP) is 3.38. The fourth-order valence-electron chi connectivity index (χ4n) is 1.73. The van der Waals surface area contributed by atoms with Gasteiger partial charge in [-0.15, -0.1) is 0 Å². The lowest BCUT2D eigenvalue weighted by molar-refractivity contribution is 1.11. The number of nitrogens with zero attached hydrogens (tertiary/aromatic N) is 2. The van der Waals surface area contributed by atoms with Gasteiger partial charge in [0.2, 0.25) is 0 Å². The molecule has 0 aliphatic heterocycles. The zero-order chi connectivity index (χ0) is 11.7. The summed E-state index contributed by atoms with van der Waals surface area (Å²) < 4.78 is 0. The summed E-state index contributed by atoms with van der Waals surface area (Å²) in [7, 11) is 0. The smallest absolute Gasteiger partial charge is 0.0723 e. The van der Waals surface area contributed by atoms with E-state index in [1.807, 2.05) is 26.1 Å². The number of rotatable bonds is 1. The lowest BCUT2D eigenvalue weighted by atomic mass is 10.1. The summed E-state index contributed by atoms with van der Waals surface area (Å²) in [5.41, 5.74) is 6.70. The third kappa shape index (κ3) is 1.96. The highest BCUT2D eigenvalue weighted by Gasteiger charge is 2.05. The topological polar surface area (TPSA) is 25.8 Å². The Kier molecular flexibility index (Phi) is 2.73. The fraction of sp³-hybridized carbons (Fsp3) is 0.286. The van der Waals surface area contributed by atoms with Crippen molar-refractivity contribution in [3.8, 4) is 11.3 Å². The largest absolute Gasteiger partial charge is 0.258 e. The third-order valence-electron chi connectivity index (χ3n) is 2.87. The second-order valence-electron chi connectivity index (χ2n) is 4.24. The second-order valence-corrected chi connectivity index (χ2v) is 4.24. The molecule has 0 amide bonds. The quantitative estimate of drug-likeness (QED) is 0.724. The molecule has 2 aromatic rings. The van der Waals surface area contributed by atoms with E-state index in [1.54, 1.807) is 0 Å². The fourth-order valence-corrected chi connectivity index (χ4v) is 1.73. The van der Waals surface area contributed by atoms with Crippen molar-refractivity contribution in [2.45, 2.75) is 27.7 Å². The molecule has 2 heterocycles. The van der Waals surface area contributed by atoms with Crippen LogP contribution in [0.4, 0.5) is 0 Å². The summed E-state index contributed by atoms with van der Waals surface area (Å²) in [6.45, 7) is 8.22. The van der Waals surface area contributed by atoms with Gasteiger partial charge in [-0.2, -0.15) is 0 Å². The first-order valence-electron chi connectivity index (χ1n) is 5.46. The summed E-state index contributed by atoms with van der Waals surface area (Å²) in [5.74, 6) is 0. The Morgan fingerprint density at radius 1 is 0.938 bits per heavy atom. The van der Waals surface area contributed by atoms with E-state index >= 15 is 0 Å². The second kappa shape index (κ2) is 4.05. The Morgan fingerprint density at radius 2 is 1.69 bits per heavy atom. The summed E-state index contributed by atoms with van der Waals surface area (Å²) in [6, 6.07) is 6.24. The van der Waals surface area contributed by atoms with Crippen molar-refractivity contribution in [1.82, 2.24) is 9.97 Å². The normalized spacial score (nSPS) is 10.5. The van der Waals surface area contributed by atoms with E-state index in [-0.39, 0.29) is 0 Å². The van der Waals surface area contributed by atoms with Gasteiger partial charge in [0, 0.05) is 23.1 Å². The van der Waals surface area contributed by atoms with Crippen LogP contribution < -0.4 is 0 Å². The van der Waals surface area contributed by atoms with Crippen LogP contribution in [-0.2, 0) is 0 Å². The molecule has 0 fully saturated rings. The molecular weight excluding hydrogens is 196 g/mol. The minimum absolute atomic E-state index is 1.01. The van der Waals surface area contributed by atoms with Crippen molar-refractivity contribution >= 4 is 0 Å². The Balaban J connectivity index is 2.54. The molecule has 0 saturated heterocycles. The van der Waals surface area contributed by atoms with Gasteiger partial charge in [-0.05, 0) is 57.0 Å². The Bertz CT molecular complexity index is 530. The highest BCUT2D eigenvalue weighted by Crippen LogP contribution is 2.22. The van der Waals surface area contributed by atoms with Crippen molar-refractivity contribution in [3.05, 3.63) is 46.9 Å². The zero-order valence-corrected chi connectivity index (χ0v) is 10.2. The van der Waals surface area contributed by atoms with E-state index in [9.17, 15) is 0 Å². The van der Waals surface area contributed by atoms with E-state index in [0.717, 1.165) is 22.6 Å². The average molecular weight is 212 g/mol. The van der Waals surface area contributed by atoms with E-state index in [0.29, 0.717) is 0 Å². The molecule has 0 aromatic carbocycles. The number of aryl methyl sites for hydroxylation is 4. The van der Waals surface area contributed by atoms with Gasteiger partial charge in [0.25, 0.3) is 0 Å². The number of aromatic nitrogens is 2. The Labute approximate surface area is 96.4 Å². The number of hydrogen-bond donors (Lipinski definition) is 0. The molecule has 2 heteroatoms. The maximum Gasteiger partial charge on any atom is 0.0723 e. The van der Waals surface area contributed by atoms with Gasteiger partial charge in [0.15, 0.2) is 0 Å². The Hall–Kier alpha value is -1.70. The summed E-state index contributed by atoms with van der Waals surface area (Å²) in [6.07, 6.45) is 1.92. The average Bonchev–Trinajstić information content (AvgIpc) is 2.22. The monoisotopic (exact) mass is 212 g/mol. The van der Waals surface area contributed by atoms with E-state index in [4.69, 9.17) is 0 Å². The molecule has 0 aliphatic rings. The van der Waals surface area contributed by atoms with Crippen LogP contribution in [0, 0.1) is 27.7 Å². The van der Waals surface area contributed by atoms with Gasteiger partial charge < -0.3 is 0 Å². The van der Waals surface area contributed by atoms with E-state index < -0.39 is 0 Å². The van der Waals surface area contributed by atoms with Crippen molar-refractivity contribution in [1.29, 1.82) is 0 Å².